The van der Waals surface area contributed by atoms with E-state index < -0.39 is 47.7 Å². The van der Waals surface area contributed by atoms with Gasteiger partial charge in [0, 0.05) is 12.5 Å². The normalized spacial score (nSPS) is 19.9. The smallest absolute Gasteiger partial charge is 0.405 e. The Hall–Kier alpha value is -2.69. The lowest BCUT2D eigenvalue weighted by Crippen LogP contribution is -2.59. The zero-order valence-corrected chi connectivity index (χ0v) is 21.2. The molecule has 0 aromatic rings. The molecular formula is C23H40N4O7. The van der Waals surface area contributed by atoms with E-state index in [4.69, 9.17) is 4.74 Å². The highest BCUT2D eigenvalue weighted by Gasteiger charge is 2.35. The second-order valence-corrected chi connectivity index (χ2v) is 11.0. The van der Waals surface area contributed by atoms with E-state index in [1.807, 2.05) is 20.8 Å². The highest BCUT2D eigenvalue weighted by atomic mass is 16.5. The zero-order chi connectivity index (χ0) is 26.3. The lowest BCUT2D eigenvalue weighted by atomic mass is 9.87. The van der Waals surface area contributed by atoms with Crippen molar-refractivity contribution in [3.05, 3.63) is 0 Å². The van der Waals surface area contributed by atoms with Crippen LogP contribution in [0.25, 0.3) is 0 Å². The zero-order valence-electron chi connectivity index (χ0n) is 21.2. The Morgan fingerprint density at radius 3 is 2.18 bits per heavy atom. The summed E-state index contributed by atoms with van der Waals surface area (Å²) in [6, 6.07) is -3.19. The summed E-state index contributed by atoms with van der Waals surface area (Å²) in [5.74, 6) is -1.83. The Bertz CT molecular complexity index is 757. The molecule has 0 bridgehead atoms. The van der Waals surface area contributed by atoms with Gasteiger partial charge < -0.3 is 35.9 Å². The number of aldehydes is 1. The Kier molecular flexibility index (Phi) is 10.5. The van der Waals surface area contributed by atoms with Gasteiger partial charge >= 0.3 is 6.09 Å². The van der Waals surface area contributed by atoms with E-state index in [2.05, 4.69) is 21.3 Å². The quantitative estimate of drug-likeness (QED) is 0.273. The van der Waals surface area contributed by atoms with Crippen molar-refractivity contribution in [3.63, 3.8) is 0 Å². The molecule has 5 atom stereocenters. The monoisotopic (exact) mass is 484 g/mol. The number of ether oxygens (including phenoxy) is 1. The van der Waals surface area contributed by atoms with Crippen LogP contribution in [-0.4, -0.2) is 71.6 Å². The van der Waals surface area contributed by atoms with E-state index in [0.717, 1.165) is 0 Å². The van der Waals surface area contributed by atoms with Crippen molar-refractivity contribution in [1.29, 1.82) is 0 Å². The fourth-order valence-electron chi connectivity index (χ4n) is 3.85. The molecule has 1 heterocycles. The molecule has 0 aromatic heterocycles. The first-order valence-electron chi connectivity index (χ1n) is 11.5. The van der Waals surface area contributed by atoms with Gasteiger partial charge in [-0.3, -0.25) is 14.4 Å². The molecule has 1 saturated heterocycles. The molecule has 0 radical (unpaired) electrons. The lowest BCUT2D eigenvalue weighted by Gasteiger charge is -2.32. The van der Waals surface area contributed by atoms with Gasteiger partial charge in [-0.05, 0) is 52.4 Å². The summed E-state index contributed by atoms with van der Waals surface area (Å²) >= 11 is 0. The van der Waals surface area contributed by atoms with Gasteiger partial charge in [0.15, 0.2) is 0 Å². The maximum Gasteiger partial charge on any atom is 0.405 e. The summed E-state index contributed by atoms with van der Waals surface area (Å²) < 4.78 is 5.76. The minimum atomic E-state index is -1.41. The molecule has 11 heteroatoms. The van der Waals surface area contributed by atoms with Crippen molar-refractivity contribution in [2.24, 2.45) is 11.3 Å². The summed E-state index contributed by atoms with van der Waals surface area (Å²) in [5.41, 5.74) is -1.01. The molecule has 194 valence electrons. The SMILES string of the molecule is C[C@@H](OC(C)(C)C)[C@H](NC(=O)O)C(=O)N[C@@H](CC(C)(C)C)C(=O)N[C@H](C=O)C[C@@H]1CCNC1=O. The maximum absolute atomic E-state index is 13.1. The van der Waals surface area contributed by atoms with E-state index in [1.54, 1.807) is 27.7 Å². The summed E-state index contributed by atoms with van der Waals surface area (Å²) in [4.78, 5) is 60.9. The van der Waals surface area contributed by atoms with Crippen molar-refractivity contribution in [2.75, 3.05) is 6.54 Å². The van der Waals surface area contributed by atoms with Gasteiger partial charge in [-0.2, -0.15) is 0 Å². The third-order valence-electron chi connectivity index (χ3n) is 5.21. The van der Waals surface area contributed by atoms with E-state index in [1.165, 1.54) is 0 Å². The lowest BCUT2D eigenvalue weighted by molar-refractivity contribution is -0.136. The molecule has 5 N–H and O–H groups in total. The van der Waals surface area contributed by atoms with Crippen LogP contribution in [0, 0.1) is 11.3 Å². The molecule has 1 rings (SSSR count). The van der Waals surface area contributed by atoms with Crippen LogP contribution in [0.15, 0.2) is 0 Å². The Morgan fingerprint density at radius 2 is 1.74 bits per heavy atom. The number of carboxylic acid groups (broad SMARTS) is 1. The number of rotatable bonds is 11. The van der Waals surface area contributed by atoms with Crippen molar-refractivity contribution in [3.8, 4) is 0 Å². The topological polar surface area (TPSA) is 163 Å². The number of amides is 4. The number of carbonyl (C=O) groups is 5. The molecule has 1 fully saturated rings. The number of nitrogens with one attached hydrogen (secondary N) is 4. The molecule has 4 amide bonds. The van der Waals surface area contributed by atoms with Crippen LogP contribution >= 0.6 is 0 Å². The van der Waals surface area contributed by atoms with E-state index >= 15 is 0 Å². The minimum Gasteiger partial charge on any atom is -0.465 e. The largest absolute Gasteiger partial charge is 0.465 e. The number of carbonyl (C=O) groups excluding carboxylic acids is 4. The van der Waals surface area contributed by atoms with Crippen molar-refractivity contribution < 1.29 is 33.8 Å². The van der Waals surface area contributed by atoms with Crippen molar-refractivity contribution in [2.45, 2.75) is 97.6 Å². The summed E-state index contributed by atoms with van der Waals surface area (Å²) in [6.07, 6.45) is -0.677. The van der Waals surface area contributed by atoms with Crippen molar-refractivity contribution >= 4 is 30.1 Å². The van der Waals surface area contributed by atoms with Gasteiger partial charge in [0.1, 0.15) is 18.4 Å². The molecule has 34 heavy (non-hydrogen) atoms. The third kappa shape index (κ3) is 10.5. The molecule has 0 aliphatic carbocycles. The Balaban J connectivity index is 3.01. The number of hydrogen-bond donors (Lipinski definition) is 5. The van der Waals surface area contributed by atoms with Gasteiger partial charge in [-0.15, -0.1) is 0 Å². The van der Waals surface area contributed by atoms with Gasteiger partial charge in [0.05, 0.1) is 17.7 Å². The predicted molar refractivity (Wildman–Crippen MR) is 125 cm³/mol. The highest BCUT2D eigenvalue weighted by molar-refractivity contribution is 5.92. The molecule has 0 aromatic carbocycles. The number of hydrogen-bond acceptors (Lipinski definition) is 6. The molecule has 1 aliphatic rings. The molecule has 0 spiro atoms. The van der Waals surface area contributed by atoms with Gasteiger partial charge in [0.25, 0.3) is 0 Å². The van der Waals surface area contributed by atoms with Crippen LogP contribution in [0.5, 0.6) is 0 Å². The first kappa shape index (κ1) is 29.3. The van der Waals surface area contributed by atoms with Gasteiger partial charge in [0.2, 0.25) is 17.7 Å². The van der Waals surface area contributed by atoms with Crippen LogP contribution in [-0.2, 0) is 23.9 Å². The van der Waals surface area contributed by atoms with Gasteiger partial charge in [-0.25, -0.2) is 4.79 Å². The molecule has 1 aliphatic heterocycles. The minimum absolute atomic E-state index is 0.156. The van der Waals surface area contributed by atoms with Crippen LogP contribution in [0.4, 0.5) is 4.79 Å². The Labute approximate surface area is 201 Å². The third-order valence-corrected chi connectivity index (χ3v) is 5.21. The van der Waals surface area contributed by atoms with E-state index in [9.17, 15) is 29.1 Å². The van der Waals surface area contributed by atoms with Crippen LogP contribution < -0.4 is 21.3 Å². The van der Waals surface area contributed by atoms with Crippen LogP contribution in [0.2, 0.25) is 0 Å². The highest BCUT2D eigenvalue weighted by Crippen LogP contribution is 2.22. The fraction of sp³-hybridized carbons (Fsp3) is 0.783. The van der Waals surface area contributed by atoms with E-state index in [-0.39, 0.29) is 30.1 Å². The average molecular weight is 485 g/mol. The molecular weight excluding hydrogens is 444 g/mol. The van der Waals surface area contributed by atoms with Crippen LogP contribution in [0.1, 0.15) is 67.7 Å². The average Bonchev–Trinajstić information content (AvgIpc) is 3.06. The maximum atomic E-state index is 13.1. The van der Waals surface area contributed by atoms with Crippen molar-refractivity contribution in [1.82, 2.24) is 21.3 Å². The standard InChI is InChI=1S/C23H40N4O7/c1-13(34-23(5,6)7)17(27-21(32)33)20(31)26-16(11-22(2,3)4)19(30)25-15(12-28)10-14-8-9-24-18(14)29/h12-17,27H,8-11H2,1-7H3,(H,24,29)(H,25,30)(H,26,31)(H,32,33)/t13-,14+,15+,16+,17+/m1/s1. The second kappa shape index (κ2) is 12.1. The van der Waals surface area contributed by atoms with E-state index in [0.29, 0.717) is 19.3 Å². The first-order chi connectivity index (χ1) is 15.5. The predicted octanol–water partition coefficient (Wildman–Crippen LogP) is 0.957. The molecule has 0 unspecified atom stereocenters. The summed E-state index contributed by atoms with van der Waals surface area (Å²) in [7, 11) is 0. The Morgan fingerprint density at radius 1 is 1.12 bits per heavy atom. The van der Waals surface area contributed by atoms with Crippen LogP contribution in [0.3, 0.4) is 0 Å². The second-order valence-electron chi connectivity index (χ2n) is 11.0. The summed E-state index contributed by atoms with van der Waals surface area (Å²) in [6.45, 7) is 13.1. The fourth-order valence-corrected chi connectivity index (χ4v) is 3.85. The summed E-state index contributed by atoms with van der Waals surface area (Å²) in [5, 5.41) is 19.3. The van der Waals surface area contributed by atoms with Gasteiger partial charge in [-0.1, -0.05) is 20.8 Å². The molecule has 0 saturated carbocycles. The first-order valence-corrected chi connectivity index (χ1v) is 11.5. The molecule has 11 nitrogen and oxygen atoms in total.